The summed E-state index contributed by atoms with van der Waals surface area (Å²) in [6, 6.07) is 11.7. The molecule has 0 aromatic heterocycles. The van der Waals surface area contributed by atoms with E-state index in [-0.39, 0.29) is 11.8 Å². The maximum atomic E-state index is 13.2. The zero-order valence-electron chi connectivity index (χ0n) is 15.2. The molecule has 0 saturated carbocycles. The number of carbonyl (C=O) groups excluding carboxylic acids is 1. The van der Waals surface area contributed by atoms with Gasteiger partial charge in [-0.15, -0.1) is 0 Å². The third-order valence-electron chi connectivity index (χ3n) is 3.72. The summed E-state index contributed by atoms with van der Waals surface area (Å²) in [4.78, 5) is 13.8. The van der Waals surface area contributed by atoms with Gasteiger partial charge < -0.3 is 15.0 Å². The number of hydrogen-bond acceptors (Lipinski definition) is 2. The number of aryl methyl sites for hydroxylation is 1. The number of nitrogens with zero attached hydrogens (tertiary/aromatic N) is 1. The number of urea groups is 1. The number of halogens is 1. The number of hydrogen-bond donors (Lipinski definition) is 1. The van der Waals surface area contributed by atoms with Crippen LogP contribution < -0.4 is 10.1 Å². The summed E-state index contributed by atoms with van der Waals surface area (Å²) < 4.78 is 18.9. The van der Waals surface area contributed by atoms with Gasteiger partial charge in [-0.05, 0) is 54.3 Å². The molecule has 0 unspecified atom stereocenters. The molecule has 25 heavy (non-hydrogen) atoms. The van der Waals surface area contributed by atoms with E-state index in [1.807, 2.05) is 25.1 Å². The van der Waals surface area contributed by atoms with Crippen molar-refractivity contribution in [2.24, 2.45) is 5.92 Å². The van der Waals surface area contributed by atoms with E-state index in [1.165, 1.54) is 12.1 Å². The van der Waals surface area contributed by atoms with Gasteiger partial charge >= 0.3 is 6.03 Å². The van der Waals surface area contributed by atoms with Crippen LogP contribution in [0.5, 0.6) is 5.75 Å². The van der Waals surface area contributed by atoms with Crippen LogP contribution in [0.3, 0.4) is 0 Å². The zero-order valence-corrected chi connectivity index (χ0v) is 15.2. The molecule has 0 atom stereocenters. The summed E-state index contributed by atoms with van der Waals surface area (Å²) in [5.41, 5.74) is 2.42. The molecule has 5 heteroatoms. The highest BCUT2D eigenvalue weighted by atomic mass is 19.1. The molecule has 0 fully saturated rings. The van der Waals surface area contributed by atoms with Gasteiger partial charge in [-0.25, -0.2) is 9.18 Å². The number of nitrogens with one attached hydrogen (secondary N) is 1. The fourth-order valence-electron chi connectivity index (χ4n) is 2.50. The minimum atomic E-state index is -0.277. The van der Waals surface area contributed by atoms with Gasteiger partial charge in [0, 0.05) is 19.3 Å². The Morgan fingerprint density at radius 2 is 2.00 bits per heavy atom. The Morgan fingerprint density at radius 3 is 2.64 bits per heavy atom. The largest absolute Gasteiger partial charge is 0.489 e. The van der Waals surface area contributed by atoms with Crippen molar-refractivity contribution in [2.45, 2.75) is 27.4 Å². The SMILES string of the molecule is Cc1cc(OCc2cccc(F)c2)ccc1NC(=O)N(C)CC(C)C. The second kappa shape index (κ2) is 8.51. The number of benzene rings is 2. The number of ether oxygens (including phenoxy) is 1. The maximum Gasteiger partial charge on any atom is 0.321 e. The molecule has 0 heterocycles. The minimum Gasteiger partial charge on any atom is -0.489 e. The molecule has 4 nitrogen and oxygen atoms in total. The first-order valence-corrected chi connectivity index (χ1v) is 8.35. The van der Waals surface area contributed by atoms with E-state index in [0.717, 1.165) is 16.8 Å². The molecule has 2 aromatic carbocycles. The van der Waals surface area contributed by atoms with E-state index < -0.39 is 0 Å². The Labute approximate surface area is 148 Å². The van der Waals surface area contributed by atoms with E-state index in [1.54, 1.807) is 24.1 Å². The Hall–Kier alpha value is -2.56. The minimum absolute atomic E-state index is 0.134. The van der Waals surface area contributed by atoms with Crippen LogP contribution in [0.4, 0.5) is 14.9 Å². The summed E-state index contributed by atoms with van der Waals surface area (Å²) in [6.45, 7) is 7.03. The lowest BCUT2D eigenvalue weighted by atomic mass is 10.2. The van der Waals surface area contributed by atoms with Crippen LogP contribution in [0.25, 0.3) is 0 Å². The van der Waals surface area contributed by atoms with Crippen molar-refractivity contribution in [1.82, 2.24) is 4.90 Å². The molecule has 0 saturated heterocycles. The van der Waals surface area contributed by atoms with Crippen LogP contribution in [0.1, 0.15) is 25.0 Å². The first kappa shape index (κ1) is 18.8. The van der Waals surface area contributed by atoms with Gasteiger partial charge in [0.05, 0.1) is 0 Å². The quantitative estimate of drug-likeness (QED) is 0.815. The van der Waals surface area contributed by atoms with Crippen LogP contribution in [0.2, 0.25) is 0 Å². The van der Waals surface area contributed by atoms with Gasteiger partial charge in [0.1, 0.15) is 18.2 Å². The monoisotopic (exact) mass is 344 g/mol. The van der Waals surface area contributed by atoms with Crippen molar-refractivity contribution >= 4 is 11.7 Å². The van der Waals surface area contributed by atoms with Gasteiger partial charge in [-0.2, -0.15) is 0 Å². The summed E-state index contributed by atoms with van der Waals surface area (Å²) in [7, 11) is 1.78. The van der Waals surface area contributed by atoms with Crippen LogP contribution >= 0.6 is 0 Å². The fraction of sp³-hybridized carbons (Fsp3) is 0.350. The first-order chi connectivity index (χ1) is 11.8. The van der Waals surface area contributed by atoms with Crippen molar-refractivity contribution in [1.29, 1.82) is 0 Å². The number of anilines is 1. The molecule has 2 rings (SSSR count). The molecular formula is C20H25FN2O2. The smallest absolute Gasteiger partial charge is 0.321 e. The molecule has 0 aliphatic rings. The van der Waals surface area contributed by atoms with Gasteiger partial charge in [0.15, 0.2) is 0 Å². The predicted octanol–water partition coefficient (Wildman–Crippen LogP) is 4.83. The number of carbonyl (C=O) groups is 1. The van der Waals surface area contributed by atoms with Gasteiger partial charge in [0.2, 0.25) is 0 Å². The Kier molecular flexibility index (Phi) is 6.39. The molecule has 0 aliphatic carbocycles. The lowest BCUT2D eigenvalue weighted by Crippen LogP contribution is -2.34. The summed E-state index contributed by atoms with van der Waals surface area (Å²) in [5.74, 6) is 0.812. The zero-order chi connectivity index (χ0) is 18.4. The average molecular weight is 344 g/mol. The highest BCUT2D eigenvalue weighted by Gasteiger charge is 2.11. The summed E-state index contributed by atoms with van der Waals surface area (Å²) >= 11 is 0. The second-order valence-electron chi connectivity index (χ2n) is 6.60. The van der Waals surface area contributed by atoms with E-state index in [2.05, 4.69) is 19.2 Å². The maximum absolute atomic E-state index is 13.2. The van der Waals surface area contributed by atoms with E-state index in [9.17, 15) is 9.18 Å². The van der Waals surface area contributed by atoms with Crippen LogP contribution in [0, 0.1) is 18.7 Å². The normalized spacial score (nSPS) is 10.6. The summed E-state index contributed by atoms with van der Waals surface area (Å²) in [5, 5.41) is 2.91. The predicted molar refractivity (Wildman–Crippen MR) is 98.4 cm³/mol. The molecule has 0 radical (unpaired) electrons. The second-order valence-corrected chi connectivity index (χ2v) is 6.60. The number of rotatable bonds is 6. The topological polar surface area (TPSA) is 41.6 Å². The molecule has 134 valence electrons. The van der Waals surface area contributed by atoms with Crippen molar-refractivity contribution in [2.75, 3.05) is 18.9 Å². The standard InChI is InChI=1S/C20H25FN2O2/c1-14(2)12-23(4)20(24)22-19-9-8-18(10-15(19)3)25-13-16-6-5-7-17(21)11-16/h5-11,14H,12-13H2,1-4H3,(H,22,24). The van der Waals surface area contributed by atoms with Crippen LogP contribution in [-0.4, -0.2) is 24.5 Å². The van der Waals surface area contributed by atoms with Gasteiger partial charge in [-0.1, -0.05) is 26.0 Å². The van der Waals surface area contributed by atoms with E-state index >= 15 is 0 Å². The van der Waals surface area contributed by atoms with Crippen LogP contribution in [0.15, 0.2) is 42.5 Å². The van der Waals surface area contributed by atoms with Crippen molar-refractivity contribution in [3.05, 3.63) is 59.4 Å². The Morgan fingerprint density at radius 1 is 1.24 bits per heavy atom. The highest BCUT2D eigenvalue weighted by molar-refractivity contribution is 5.90. The average Bonchev–Trinajstić information content (AvgIpc) is 2.54. The summed E-state index contributed by atoms with van der Waals surface area (Å²) in [6.07, 6.45) is 0. The molecule has 2 aromatic rings. The molecule has 0 bridgehead atoms. The van der Waals surface area contributed by atoms with Crippen LogP contribution in [-0.2, 0) is 6.61 Å². The van der Waals surface area contributed by atoms with E-state index in [4.69, 9.17) is 4.74 Å². The van der Waals surface area contributed by atoms with Crippen molar-refractivity contribution < 1.29 is 13.9 Å². The fourth-order valence-corrected chi connectivity index (χ4v) is 2.50. The first-order valence-electron chi connectivity index (χ1n) is 8.35. The molecule has 0 aliphatic heterocycles. The molecule has 1 N–H and O–H groups in total. The lowest BCUT2D eigenvalue weighted by Gasteiger charge is -2.20. The third kappa shape index (κ3) is 5.78. The van der Waals surface area contributed by atoms with Gasteiger partial charge in [0.25, 0.3) is 0 Å². The molecular weight excluding hydrogens is 319 g/mol. The van der Waals surface area contributed by atoms with Gasteiger partial charge in [-0.3, -0.25) is 0 Å². The van der Waals surface area contributed by atoms with E-state index in [0.29, 0.717) is 24.8 Å². The Balaban J connectivity index is 1.97. The number of amides is 2. The highest BCUT2D eigenvalue weighted by Crippen LogP contribution is 2.22. The Bertz CT molecular complexity index is 731. The molecule has 2 amide bonds. The lowest BCUT2D eigenvalue weighted by molar-refractivity contribution is 0.217. The third-order valence-corrected chi connectivity index (χ3v) is 3.72. The van der Waals surface area contributed by atoms with Crippen molar-refractivity contribution in [3.8, 4) is 5.75 Å². The van der Waals surface area contributed by atoms with Crippen molar-refractivity contribution in [3.63, 3.8) is 0 Å². The molecule has 0 spiro atoms.